The zero-order valence-electron chi connectivity index (χ0n) is 11.7. The van der Waals surface area contributed by atoms with Crippen molar-refractivity contribution in [1.29, 1.82) is 0 Å². The van der Waals surface area contributed by atoms with Crippen LogP contribution in [0.1, 0.15) is 36.8 Å². The fraction of sp³-hybridized carbons (Fsp3) is 0.438. The van der Waals surface area contributed by atoms with Crippen molar-refractivity contribution in [3.05, 3.63) is 41.2 Å². The normalized spacial score (nSPS) is 16.4. The summed E-state index contributed by atoms with van der Waals surface area (Å²) in [7, 11) is 2.04. The predicted molar refractivity (Wildman–Crippen MR) is 76.8 cm³/mol. The number of rotatable bonds is 5. The van der Waals surface area contributed by atoms with Crippen LogP contribution in [0.5, 0.6) is 0 Å². The molecule has 2 rings (SSSR count). The number of hydrogen-bond acceptors (Lipinski definition) is 2. The SMILES string of the molecule is CN(Cc1ccc(C=CC(=O)O)cc1F)C1CCCC1. The second-order valence-electron chi connectivity index (χ2n) is 5.38. The highest BCUT2D eigenvalue weighted by atomic mass is 19.1. The summed E-state index contributed by atoms with van der Waals surface area (Å²) in [5.41, 5.74) is 1.23. The number of benzene rings is 1. The minimum atomic E-state index is -1.03. The molecule has 108 valence electrons. The first-order valence-corrected chi connectivity index (χ1v) is 6.96. The number of hydrogen-bond donors (Lipinski definition) is 1. The number of aliphatic carboxylic acids is 1. The molecular formula is C16H20FNO2. The molecule has 1 aliphatic carbocycles. The standard InChI is InChI=1S/C16H20FNO2/c1-18(14-4-2-3-5-14)11-13-8-6-12(10-15(13)17)7-9-16(19)20/h6-10,14H,2-5,11H2,1H3,(H,19,20). The molecule has 1 saturated carbocycles. The Morgan fingerprint density at radius 2 is 2.15 bits per heavy atom. The van der Waals surface area contributed by atoms with Crippen LogP contribution in [0.4, 0.5) is 4.39 Å². The van der Waals surface area contributed by atoms with Crippen LogP contribution in [-0.4, -0.2) is 29.1 Å². The predicted octanol–water partition coefficient (Wildman–Crippen LogP) is 3.30. The van der Waals surface area contributed by atoms with Crippen LogP contribution in [0, 0.1) is 5.82 Å². The summed E-state index contributed by atoms with van der Waals surface area (Å²) in [6.07, 6.45) is 7.32. The van der Waals surface area contributed by atoms with Gasteiger partial charge in [0.1, 0.15) is 5.82 Å². The van der Waals surface area contributed by atoms with E-state index < -0.39 is 5.97 Å². The summed E-state index contributed by atoms with van der Waals surface area (Å²) in [6, 6.07) is 5.43. The maximum Gasteiger partial charge on any atom is 0.328 e. The number of carboxylic acid groups (broad SMARTS) is 1. The number of carbonyl (C=O) groups is 1. The molecule has 20 heavy (non-hydrogen) atoms. The molecule has 0 atom stereocenters. The molecule has 0 aromatic heterocycles. The third-order valence-electron chi connectivity index (χ3n) is 3.86. The molecule has 1 N–H and O–H groups in total. The van der Waals surface area contributed by atoms with Gasteiger partial charge in [-0.05, 0) is 37.6 Å². The van der Waals surface area contributed by atoms with Crippen molar-refractivity contribution in [2.24, 2.45) is 0 Å². The first-order valence-electron chi connectivity index (χ1n) is 6.96. The van der Waals surface area contributed by atoms with Gasteiger partial charge in [-0.2, -0.15) is 0 Å². The van der Waals surface area contributed by atoms with Crippen molar-refractivity contribution in [2.75, 3.05) is 7.05 Å². The number of halogens is 1. The van der Waals surface area contributed by atoms with Gasteiger partial charge in [-0.15, -0.1) is 0 Å². The Bertz CT molecular complexity index is 507. The van der Waals surface area contributed by atoms with Crippen LogP contribution in [-0.2, 0) is 11.3 Å². The quantitative estimate of drug-likeness (QED) is 0.839. The highest BCUT2D eigenvalue weighted by Gasteiger charge is 2.20. The topological polar surface area (TPSA) is 40.5 Å². The highest BCUT2D eigenvalue weighted by Crippen LogP contribution is 2.24. The third-order valence-corrected chi connectivity index (χ3v) is 3.86. The Labute approximate surface area is 118 Å². The smallest absolute Gasteiger partial charge is 0.328 e. The van der Waals surface area contributed by atoms with E-state index in [0.717, 1.165) is 6.08 Å². The lowest BCUT2D eigenvalue weighted by atomic mass is 10.1. The van der Waals surface area contributed by atoms with Crippen LogP contribution < -0.4 is 0 Å². The van der Waals surface area contributed by atoms with Crippen LogP contribution in [0.3, 0.4) is 0 Å². The molecule has 0 heterocycles. The fourth-order valence-corrected chi connectivity index (χ4v) is 2.71. The molecule has 0 spiro atoms. The molecule has 1 aromatic rings. The van der Waals surface area contributed by atoms with E-state index in [2.05, 4.69) is 4.90 Å². The molecule has 3 nitrogen and oxygen atoms in total. The highest BCUT2D eigenvalue weighted by molar-refractivity contribution is 5.85. The minimum Gasteiger partial charge on any atom is -0.478 e. The van der Waals surface area contributed by atoms with E-state index in [1.165, 1.54) is 37.8 Å². The largest absolute Gasteiger partial charge is 0.478 e. The summed E-state index contributed by atoms with van der Waals surface area (Å²) in [4.78, 5) is 12.6. The van der Waals surface area contributed by atoms with Gasteiger partial charge in [0.05, 0.1) is 0 Å². The zero-order chi connectivity index (χ0) is 14.5. The molecule has 1 aromatic carbocycles. The van der Waals surface area contributed by atoms with Gasteiger partial charge in [-0.1, -0.05) is 25.0 Å². The van der Waals surface area contributed by atoms with E-state index >= 15 is 0 Å². The number of nitrogens with zero attached hydrogens (tertiary/aromatic N) is 1. The Hall–Kier alpha value is -1.68. The lowest BCUT2D eigenvalue weighted by molar-refractivity contribution is -0.131. The van der Waals surface area contributed by atoms with Crippen molar-refractivity contribution in [2.45, 2.75) is 38.3 Å². The Morgan fingerprint density at radius 3 is 2.75 bits per heavy atom. The van der Waals surface area contributed by atoms with Gasteiger partial charge in [-0.25, -0.2) is 9.18 Å². The lowest BCUT2D eigenvalue weighted by Crippen LogP contribution is -2.28. The molecule has 0 radical (unpaired) electrons. The molecule has 4 heteroatoms. The van der Waals surface area contributed by atoms with Crippen LogP contribution in [0.25, 0.3) is 6.08 Å². The van der Waals surface area contributed by atoms with Gasteiger partial charge in [0.2, 0.25) is 0 Å². The van der Waals surface area contributed by atoms with Crippen LogP contribution in [0.15, 0.2) is 24.3 Å². The van der Waals surface area contributed by atoms with E-state index in [-0.39, 0.29) is 5.82 Å². The lowest BCUT2D eigenvalue weighted by Gasteiger charge is -2.24. The van der Waals surface area contributed by atoms with Crippen molar-refractivity contribution >= 4 is 12.0 Å². The summed E-state index contributed by atoms with van der Waals surface area (Å²) in [5, 5.41) is 8.55. The molecule has 0 aliphatic heterocycles. The molecule has 0 saturated heterocycles. The second-order valence-corrected chi connectivity index (χ2v) is 5.38. The minimum absolute atomic E-state index is 0.276. The molecule has 1 aliphatic rings. The molecule has 1 fully saturated rings. The van der Waals surface area contributed by atoms with Gasteiger partial charge in [0.25, 0.3) is 0 Å². The van der Waals surface area contributed by atoms with E-state index in [1.54, 1.807) is 12.1 Å². The fourth-order valence-electron chi connectivity index (χ4n) is 2.71. The number of carboxylic acids is 1. The second kappa shape index (κ2) is 6.66. The summed E-state index contributed by atoms with van der Waals surface area (Å²) in [5.74, 6) is -1.31. The molecule has 0 unspecified atom stereocenters. The average Bonchev–Trinajstić information content (AvgIpc) is 2.93. The maximum absolute atomic E-state index is 14.0. The first-order chi connectivity index (χ1) is 9.56. The van der Waals surface area contributed by atoms with Crippen molar-refractivity contribution in [3.63, 3.8) is 0 Å². The van der Waals surface area contributed by atoms with Crippen LogP contribution >= 0.6 is 0 Å². The average molecular weight is 277 g/mol. The van der Waals surface area contributed by atoms with Gasteiger partial charge < -0.3 is 5.11 Å². The third kappa shape index (κ3) is 3.90. The van der Waals surface area contributed by atoms with Crippen molar-refractivity contribution in [3.8, 4) is 0 Å². The molecular weight excluding hydrogens is 257 g/mol. The Morgan fingerprint density at radius 1 is 1.45 bits per heavy atom. The van der Waals surface area contributed by atoms with Gasteiger partial charge in [0, 0.05) is 24.2 Å². The van der Waals surface area contributed by atoms with Crippen LogP contribution in [0.2, 0.25) is 0 Å². The van der Waals surface area contributed by atoms with Gasteiger partial charge in [-0.3, -0.25) is 4.90 Å². The molecule has 0 bridgehead atoms. The monoisotopic (exact) mass is 277 g/mol. The zero-order valence-corrected chi connectivity index (χ0v) is 11.7. The Balaban J connectivity index is 2.03. The van der Waals surface area contributed by atoms with E-state index in [1.807, 2.05) is 7.05 Å². The van der Waals surface area contributed by atoms with E-state index in [0.29, 0.717) is 23.7 Å². The maximum atomic E-state index is 14.0. The summed E-state index contributed by atoms with van der Waals surface area (Å²) >= 11 is 0. The van der Waals surface area contributed by atoms with Gasteiger partial charge >= 0.3 is 5.97 Å². The summed E-state index contributed by atoms with van der Waals surface area (Å²) in [6.45, 7) is 0.597. The van der Waals surface area contributed by atoms with Crippen molar-refractivity contribution in [1.82, 2.24) is 4.90 Å². The Kier molecular flexibility index (Phi) is 4.90. The first kappa shape index (κ1) is 14.7. The summed E-state index contributed by atoms with van der Waals surface area (Å²) < 4.78 is 14.0. The van der Waals surface area contributed by atoms with E-state index in [4.69, 9.17) is 5.11 Å². The van der Waals surface area contributed by atoms with Crippen molar-refractivity contribution < 1.29 is 14.3 Å². The van der Waals surface area contributed by atoms with Gasteiger partial charge in [0.15, 0.2) is 0 Å². The van der Waals surface area contributed by atoms with E-state index in [9.17, 15) is 9.18 Å². The molecule has 0 amide bonds.